The smallest absolute Gasteiger partial charge is 0.0208 e. The van der Waals surface area contributed by atoms with E-state index in [4.69, 9.17) is 0 Å². The molecule has 1 aromatic carbocycles. The fourth-order valence-corrected chi connectivity index (χ4v) is 1.93. The van der Waals surface area contributed by atoms with E-state index in [0.29, 0.717) is 0 Å². The Kier molecular flexibility index (Phi) is 2.65. The molecule has 1 heteroatoms. The molecule has 0 unspecified atom stereocenters. The molecule has 0 saturated heterocycles. The minimum atomic E-state index is 0.773. The summed E-state index contributed by atoms with van der Waals surface area (Å²) in [5.41, 5.74) is 1.39. The summed E-state index contributed by atoms with van der Waals surface area (Å²) in [4.78, 5) is 0. The Morgan fingerprint density at radius 2 is 1.92 bits per heavy atom. The normalized spacial score (nSPS) is 26.8. The first kappa shape index (κ1) is 8.76. The van der Waals surface area contributed by atoms with Crippen molar-refractivity contribution < 1.29 is 0 Å². The molecular weight excluding hydrogens is 158 g/mol. The van der Waals surface area contributed by atoms with Crippen LogP contribution < -0.4 is 5.32 Å². The van der Waals surface area contributed by atoms with Crippen LogP contribution in [0, 0.1) is 5.92 Å². The van der Waals surface area contributed by atoms with Crippen molar-refractivity contribution in [1.29, 1.82) is 0 Å². The highest BCUT2D eigenvalue weighted by Gasteiger charge is 2.24. The molecule has 0 radical (unpaired) electrons. The summed E-state index contributed by atoms with van der Waals surface area (Å²) in [6, 6.07) is 11.4. The van der Waals surface area contributed by atoms with Gasteiger partial charge < -0.3 is 5.32 Å². The van der Waals surface area contributed by atoms with Crippen LogP contribution in [0.15, 0.2) is 30.3 Å². The van der Waals surface area contributed by atoms with Crippen molar-refractivity contribution in [2.24, 2.45) is 5.92 Å². The fraction of sp³-hybridized carbons (Fsp3) is 0.500. The monoisotopic (exact) mass is 175 g/mol. The number of hydrogen-bond acceptors (Lipinski definition) is 1. The minimum absolute atomic E-state index is 0.773. The molecule has 0 spiro atoms. The van der Waals surface area contributed by atoms with Crippen LogP contribution in [0.25, 0.3) is 0 Å². The van der Waals surface area contributed by atoms with Gasteiger partial charge in [-0.1, -0.05) is 37.3 Å². The molecule has 70 valence electrons. The molecule has 0 bridgehead atoms. The molecule has 2 rings (SSSR count). The summed E-state index contributed by atoms with van der Waals surface area (Å²) in [6.45, 7) is 3.35. The third-order valence-corrected chi connectivity index (χ3v) is 2.81. The molecule has 1 aromatic rings. The van der Waals surface area contributed by atoms with Gasteiger partial charge in [-0.2, -0.15) is 0 Å². The van der Waals surface area contributed by atoms with E-state index < -0.39 is 0 Å². The Morgan fingerprint density at radius 1 is 1.23 bits per heavy atom. The summed E-state index contributed by atoms with van der Waals surface area (Å²) in [5.74, 6) is 0.938. The van der Waals surface area contributed by atoms with E-state index >= 15 is 0 Å². The van der Waals surface area contributed by atoms with E-state index in [1.807, 2.05) is 0 Å². The molecule has 13 heavy (non-hydrogen) atoms. The van der Waals surface area contributed by atoms with Gasteiger partial charge in [-0.15, -0.1) is 0 Å². The third-order valence-electron chi connectivity index (χ3n) is 2.81. The highest BCUT2D eigenvalue weighted by molar-refractivity contribution is 5.14. The van der Waals surface area contributed by atoms with E-state index in [1.165, 1.54) is 18.4 Å². The van der Waals surface area contributed by atoms with Gasteiger partial charge in [0.15, 0.2) is 0 Å². The Balaban J connectivity index is 1.74. The van der Waals surface area contributed by atoms with Crippen molar-refractivity contribution in [2.45, 2.75) is 32.4 Å². The molecule has 0 heterocycles. The summed E-state index contributed by atoms with van der Waals surface area (Å²) >= 11 is 0. The minimum Gasteiger partial charge on any atom is -0.310 e. The second-order valence-corrected chi connectivity index (χ2v) is 4.14. The molecule has 1 saturated carbocycles. The van der Waals surface area contributed by atoms with Crippen LogP contribution in [0.2, 0.25) is 0 Å². The summed E-state index contributed by atoms with van der Waals surface area (Å²) in [7, 11) is 0. The lowest BCUT2D eigenvalue weighted by molar-refractivity contribution is 0.240. The maximum atomic E-state index is 3.57. The molecular formula is C12H17N. The van der Waals surface area contributed by atoms with E-state index in [-0.39, 0.29) is 0 Å². The zero-order valence-electron chi connectivity index (χ0n) is 8.16. The van der Waals surface area contributed by atoms with Gasteiger partial charge >= 0.3 is 0 Å². The number of nitrogens with one attached hydrogen (secondary N) is 1. The topological polar surface area (TPSA) is 12.0 Å². The first-order valence-corrected chi connectivity index (χ1v) is 5.12. The number of hydrogen-bond donors (Lipinski definition) is 1. The SMILES string of the molecule is CC1CC(NCc2ccccc2)C1. The molecule has 1 N–H and O–H groups in total. The van der Waals surface area contributed by atoms with Crippen LogP contribution in [-0.4, -0.2) is 6.04 Å². The second kappa shape index (κ2) is 3.93. The van der Waals surface area contributed by atoms with Crippen molar-refractivity contribution in [2.75, 3.05) is 0 Å². The molecule has 0 aliphatic heterocycles. The maximum Gasteiger partial charge on any atom is 0.0208 e. The lowest BCUT2D eigenvalue weighted by atomic mass is 9.82. The molecule has 1 nitrogen and oxygen atoms in total. The van der Waals surface area contributed by atoms with Gasteiger partial charge in [0.2, 0.25) is 0 Å². The van der Waals surface area contributed by atoms with Gasteiger partial charge in [0.25, 0.3) is 0 Å². The van der Waals surface area contributed by atoms with Crippen molar-refractivity contribution >= 4 is 0 Å². The largest absolute Gasteiger partial charge is 0.310 e. The van der Waals surface area contributed by atoms with E-state index in [2.05, 4.69) is 42.6 Å². The zero-order chi connectivity index (χ0) is 9.10. The quantitative estimate of drug-likeness (QED) is 0.744. The van der Waals surface area contributed by atoms with Crippen LogP contribution in [0.3, 0.4) is 0 Å². The molecule has 0 aromatic heterocycles. The molecule has 1 aliphatic rings. The summed E-state index contributed by atoms with van der Waals surface area (Å²) < 4.78 is 0. The predicted octanol–water partition coefficient (Wildman–Crippen LogP) is 2.57. The van der Waals surface area contributed by atoms with Gasteiger partial charge in [-0.3, -0.25) is 0 Å². The van der Waals surface area contributed by atoms with Crippen molar-refractivity contribution in [1.82, 2.24) is 5.32 Å². The van der Waals surface area contributed by atoms with Crippen LogP contribution in [0.5, 0.6) is 0 Å². The average Bonchev–Trinajstić information content (AvgIpc) is 2.12. The highest BCUT2D eigenvalue weighted by atomic mass is 14.9. The predicted molar refractivity (Wildman–Crippen MR) is 55.5 cm³/mol. The Labute approximate surface area is 80.2 Å². The van der Waals surface area contributed by atoms with Gasteiger partial charge in [0.1, 0.15) is 0 Å². The van der Waals surface area contributed by atoms with Gasteiger partial charge in [-0.05, 0) is 24.3 Å². The van der Waals surface area contributed by atoms with Crippen LogP contribution in [-0.2, 0) is 6.54 Å². The average molecular weight is 175 g/mol. The molecule has 0 atom stereocenters. The van der Waals surface area contributed by atoms with E-state index in [0.717, 1.165) is 18.5 Å². The highest BCUT2D eigenvalue weighted by Crippen LogP contribution is 2.26. The van der Waals surface area contributed by atoms with E-state index in [9.17, 15) is 0 Å². The Hall–Kier alpha value is -0.820. The third kappa shape index (κ3) is 2.31. The molecule has 1 aliphatic carbocycles. The maximum absolute atomic E-state index is 3.57. The standard InChI is InChI=1S/C12H17N/c1-10-7-12(8-10)13-9-11-5-3-2-4-6-11/h2-6,10,12-13H,7-9H2,1H3. The Bertz CT molecular complexity index is 249. The summed E-state index contributed by atoms with van der Waals surface area (Å²) in [6.07, 6.45) is 2.71. The lowest BCUT2D eigenvalue weighted by Crippen LogP contribution is -2.39. The summed E-state index contributed by atoms with van der Waals surface area (Å²) in [5, 5.41) is 3.57. The lowest BCUT2D eigenvalue weighted by Gasteiger charge is -2.33. The second-order valence-electron chi connectivity index (χ2n) is 4.14. The Morgan fingerprint density at radius 3 is 2.54 bits per heavy atom. The first-order valence-electron chi connectivity index (χ1n) is 5.12. The van der Waals surface area contributed by atoms with Gasteiger partial charge in [-0.25, -0.2) is 0 Å². The molecule has 0 amide bonds. The van der Waals surface area contributed by atoms with Crippen LogP contribution in [0.4, 0.5) is 0 Å². The van der Waals surface area contributed by atoms with E-state index in [1.54, 1.807) is 0 Å². The first-order chi connectivity index (χ1) is 6.34. The zero-order valence-corrected chi connectivity index (χ0v) is 8.16. The van der Waals surface area contributed by atoms with Gasteiger partial charge in [0.05, 0.1) is 0 Å². The van der Waals surface area contributed by atoms with Crippen LogP contribution >= 0.6 is 0 Å². The number of benzene rings is 1. The molecule has 1 fully saturated rings. The van der Waals surface area contributed by atoms with Crippen molar-refractivity contribution in [3.05, 3.63) is 35.9 Å². The van der Waals surface area contributed by atoms with Crippen LogP contribution in [0.1, 0.15) is 25.3 Å². The van der Waals surface area contributed by atoms with Crippen molar-refractivity contribution in [3.63, 3.8) is 0 Å². The number of rotatable bonds is 3. The van der Waals surface area contributed by atoms with Gasteiger partial charge in [0, 0.05) is 12.6 Å². The van der Waals surface area contributed by atoms with Crippen molar-refractivity contribution in [3.8, 4) is 0 Å². The fourth-order valence-electron chi connectivity index (χ4n) is 1.93.